The number of nitrogens with zero attached hydrogens (tertiary/aromatic N) is 3. The van der Waals surface area contributed by atoms with Gasteiger partial charge in [-0.15, -0.1) is 0 Å². The summed E-state index contributed by atoms with van der Waals surface area (Å²) in [5, 5.41) is 9.51. The monoisotopic (exact) mass is 297 g/mol. The molecule has 2 rings (SSSR count). The molecule has 0 aromatic heterocycles. The molecule has 0 aromatic rings. The van der Waals surface area contributed by atoms with E-state index < -0.39 is 6.09 Å². The maximum absolute atomic E-state index is 11.6. The highest BCUT2D eigenvalue weighted by Crippen LogP contribution is 2.31. The van der Waals surface area contributed by atoms with Gasteiger partial charge in [0.2, 0.25) is 0 Å². The van der Waals surface area contributed by atoms with E-state index in [-0.39, 0.29) is 11.6 Å². The minimum atomic E-state index is -0.773. The molecule has 1 aliphatic carbocycles. The van der Waals surface area contributed by atoms with E-state index in [0.717, 1.165) is 51.9 Å². The van der Waals surface area contributed by atoms with E-state index in [1.54, 1.807) is 4.90 Å². The van der Waals surface area contributed by atoms with Gasteiger partial charge in [-0.3, -0.25) is 4.90 Å². The van der Waals surface area contributed by atoms with Crippen molar-refractivity contribution >= 4 is 6.09 Å². The van der Waals surface area contributed by atoms with Gasteiger partial charge in [0.05, 0.1) is 0 Å². The topological polar surface area (TPSA) is 47.0 Å². The normalized spacial score (nSPS) is 29.3. The molecular formula is C16H31N3O2. The summed E-state index contributed by atoms with van der Waals surface area (Å²) in [6.07, 6.45) is 3.49. The number of carbonyl (C=O) groups is 1. The van der Waals surface area contributed by atoms with Crippen LogP contribution in [0.2, 0.25) is 0 Å². The molecule has 1 saturated carbocycles. The SMILES string of the molecule is CN1CCN(C2CCC(N(C(=O)O)C(C)(C)C)CC2)CC1. The van der Waals surface area contributed by atoms with Crippen molar-refractivity contribution in [2.24, 2.45) is 0 Å². The van der Waals surface area contributed by atoms with Crippen molar-refractivity contribution in [1.82, 2.24) is 14.7 Å². The maximum atomic E-state index is 11.6. The summed E-state index contributed by atoms with van der Waals surface area (Å²) >= 11 is 0. The van der Waals surface area contributed by atoms with E-state index in [1.165, 1.54) is 0 Å². The highest BCUT2D eigenvalue weighted by atomic mass is 16.4. The van der Waals surface area contributed by atoms with Crippen LogP contribution in [-0.2, 0) is 0 Å². The van der Waals surface area contributed by atoms with Crippen molar-refractivity contribution in [2.45, 2.75) is 64.1 Å². The van der Waals surface area contributed by atoms with Gasteiger partial charge < -0.3 is 14.9 Å². The van der Waals surface area contributed by atoms with E-state index in [9.17, 15) is 9.90 Å². The van der Waals surface area contributed by atoms with E-state index in [2.05, 4.69) is 16.8 Å². The first kappa shape index (κ1) is 16.6. The molecule has 1 heterocycles. The van der Waals surface area contributed by atoms with Gasteiger partial charge in [-0.05, 0) is 53.5 Å². The van der Waals surface area contributed by atoms with Crippen LogP contribution in [0.3, 0.4) is 0 Å². The van der Waals surface area contributed by atoms with Crippen molar-refractivity contribution in [1.29, 1.82) is 0 Å². The number of carboxylic acid groups (broad SMARTS) is 1. The van der Waals surface area contributed by atoms with Gasteiger partial charge in [-0.25, -0.2) is 4.79 Å². The predicted octanol–water partition coefficient (Wildman–Crippen LogP) is 2.32. The molecule has 1 amide bonds. The number of hydrogen-bond donors (Lipinski definition) is 1. The van der Waals surface area contributed by atoms with Crippen LogP contribution in [0.25, 0.3) is 0 Å². The van der Waals surface area contributed by atoms with Crippen LogP contribution in [0, 0.1) is 0 Å². The second-order valence-electron chi connectivity index (χ2n) is 7.62. The number of amides is 1. The second-order valence-corrected chi connectivity index (χ2v) is 7.62. The Balaban J connectivity index is 1.89. The fraction of sp³-hybridized carbons (Fsp3) is 0.938. The summed E-state index contributed by atoms with van der Waals surface area (Å²) in [7, 11) is 2.18. The first-order valence-electron chi connectivity index (χ1n) is 8.24. The minimum Gasteiger partial charge on any atom is -0.465 e. The molecule has 5 heteroatoms. The zero-order chi connectivity index (χ0) is 15.6. The summed E-state index contributed by atoms with van der Waals surface area (Å²) in [6, 6.07) is 0.844. The second kappa shape index (κ2) is 6.53. The first-order valence-corrected chi connectivity index (χ1v) is 8.24. The Kier molecular flexibility index (Phi) is 5.15. The lowest BCUT2D eigenvalue weighted by Crippen LogP contribution is -2.55. The van der Waals surface area contributed by atoms with Crippen LogP contribution in [-0.4, -0.2) is 76.7 Å². The van der Waals surface area contributed by atoms with Gasteiger partial charge in [0.25, 0.3) is 0 Å². The average molecular weight is 297 g/mol. The summed E-state index contributed by atoms with van der Waals surface area (Å²) in [6.45, 7) is 10.6. The molecule has 5 nitrogen and oxygen atoms in total. The van der Waals surface area contributed by atoms with Gasteiger partial charge in [-0.2, -0.15) is 0 Å². The Hall–Kier alpha value is -0.810. The molecule has 0 spiro atoms. The van der Waals surface area contributed by atoms with Gasteiger partial charge in [0, 0.05) is 43.8 Å². The van der Waals surface area contributed by atoms with Crippen molar-refractivity contribution in [3.63, 3.8) is 0 Å². The van der Waals surface area contributed by atoms with Crippen molar-refractivity contribution in [3.05, 3.63) is 0 Å². The fourth-order valence-corrected chi connectivity index (χ4v) is 3.86. The lowest BCUT2D eigenvalue weighted by atomic mass is 9.87. The highest BCUT2D eigenvalue weighted by Gasteiger charge is 2.36. The smallest absolute Gasteiger partial charge is 0.407 e. The van der Waals surface area contributed by atoms with Crippen LogP contribution in [0.4, 0.5) is 4.79 Å². The number of hydrogen-bond acceptors (Lipinski definition) is 3. The van der Waals surface area contributed by atoms with Crippen LogP contribution in [0.15, 0.2) is 0 Å². The van der Waals surface area contributed by atoms with Crippen molar-refractivity contribution < 1.29 is 9.90 Å². The summed E-state index contributed by atoms with van der Waals surface area (Å²) < 4.78 is 0. The molecular weight excluding hydrogens is 266 g/mol. The molecule has 122 valence electrons. The Bertz CT molecular complexity index is 351. The van der Waals surface area contributed by atoms with Crippen molar-refractivity contribution in [2.75, 3.05) is 33.2 Å². The standard InChI is InChI=1S/C16H31N3O2/c1-16(2,3)19(15(20)21)14-7-5-13(6-8-14)18-11-9-17(4)10-12-18/h13-14H,5-12H2,1-4H3,(H,20,21). The maximum Gasteiger partial charge on any atom is 0.407 e. The first-order chi connectivity index (χ1) is 9.79. The molecule has 21 heavy (non-hydrogen) atoms. The number of piperazine rings is 1. The Labute approximate surface area is 128 Å². The summed E-state index contributed by atoms with van der Waals surface area (Å²) in [5.74, 6) is 0. The van der Waals surface area contributed by atoms with E-state index in [4.69, 9.17) is 0 Å². The highest BCUT2D eigenvalue weighted by molar-refractivity contribution is 5.66. The number of likely N-dealkylation sites (N-methyl/N-ethyl adjacent to an activating group) is 1. The summed E-state index contributed by atoms with van der Waals surface area (Å²) in [5.41, 5.74) is -0.308. The van der Waals surface area contributed by atoms with Crippen LogP contribution in [0.1, 0.15) is 46.5 Å². The zero-order valence-corrected chi connectivity index (χ0v) is 14.0. The molecule has 0 aromatic carbocycles. The molecule has 0 unspecified atom stereocenters. The van der Waals surface area contributed by atoms with Crippen LogP contribution in [0.5, 0.6) is 0 Å². The Morgan fingerprint density at radius 3 is 2.00 bits per heavy atom. The molecule has 0 radical (unpaired) electrons. The third-order valence-electron chi connectivity index (χ3n) is 5.01. The Morgan fingerprint density at radius 2 is 1.57 bits per heavy atom. The van der Waals surface area contributed by atoms with Crippen molar-refractivity contribution in [3.8, 4) is 0 Å². The molecule has 2 fully saturated rings. The number of rotatable bonds is 2. The third kappa shape index (κ3) is 4.10. The van der Waals surface area contributed by atoms with Crippen LogP contribution >= 0.6 is 0 Å². The fourth-order valence-electron chi connectivity index (χ4n) is 3.86. The molecule has 0 atom stereocenters. The molecule has 2 aliphatic rings. The lowest BCUT2D eigenvalue weighted by molar-refractivity contribution is 0.0316. The molecule has 1 N–H and O–H groups in total. The summed E-state index contributed by atoms with van der Waals surface area (Å²) in [4.78, 5) is 18.2. The van der Waals surface area contributed by atoms with Gasteiger partial charge >= 0.3 is 6.09 Å². The van der Waals surface area contributed by atoms with Gasteiger partial charge in [0.1, 0.15) is 0 Å². The van der Waals surface area contributed by atoms with Gasteiger partial charge in [-0.1, -0.05) is 0 Å². The van der Waals surface area contributed by atoms with E-state index in [0.29, 0.717) is 6.04 Å². The average Bonchev–Trinajstić information content (AvgIpc) is 2.38. The quantitative estimate of drug-likeness (QED) is 0.850. The molecule has 1 aliphatic heterocycles. The zero-order valence-electron chi connectivity index (χ0n) is 14.0. The van der Waals surface area contributed by atoms with Gasteiger partial charge in [0.15, 0.2) is 0 Å². The van der Waals surface area contributed by atoms with E-state index >= 15 is 0 Å². The Morgan fingerprint density at radius 1 is 1.05 bits per heavy atom. The lowest BCUT2D eigenvalue weighted by Gasteiger charge is -2.45. The third-order valence-corrected chi connectivity index (χ3v) is 5.01. The van der Waals surface area contributed by atoms with Crippen LogP contribution < -0.4 is 0 Å². The molecule has 1 saturated heterocycles. The predicted molar refractivity (Wildman–Crippen MR) is 84.7 cm³/mol. The largest absolute Gasteiger partial charge is 0.465 e. The minimum absolute atomic E-state index is 0.186. The van der Waals surface area contributed by atoms with E-state index in [1.807, 2.05) is 20.8 Å². The molecule has 0 bridgehead atoms.